The molecule has 2 heterocycles. The summed E-state index contributed by atoms with van der Waals surface area (Å²) >= 11 is 0. The second kappa shape index (κ2) is 10.8. The number of furan rings is 1. The van der Waals surface area contributed by atoms with Crippen molar-refractivity contribution in [3.8, 4) is 56.4 Å². The van der Waals surface area contributed by atoms with Crippen molar-refractivity contribution in [2.75, 3.05) is 0 Å². The van der Waals surface area contributed by atoms with E-state index in [1.165, 1.54) is 44.0 Å². The van der Waals surface area contributed by atoms with Gasteiger partial charge in [-0.15, -0.1) is 0 Å². The van der Waals surface area contributed by atoms with Crippen molar-refractivity contribution in [2.45, 2.75) is 19.3 Å². The van der Waals surface area contributed by atoms with E-state index in [1.807, 2.05) is 60.7 Å². The van der Waals surface area contributed by atoms with E-state index in [1.54, 1.807) is 0 Å². The van der Waals surface area contributed by atoms with Gasteiger partial charge < -0.3 is 4.42 Å². The molecule has 50 heavy (non-hydrogen) atoms. The van der Waals surface area contributed by atoms with Gasteiger partial charge in [0.15, 0.2) is 17.5 Å². The van der Waals surface area contributed by atoms with E-state index in [-0.39, 0.29) is 5.41 Å². The maximum atomic E-state index is 6.57. The van der Waals surface area contributed by atoms with Crippen molar-refractivity contribution in [1.82, 2.24) is 15.0 Å². The van der Waals surface area contributed by atoms with Crippen LogP contribution < -0.4 is 0 Å². The zero-order valence-electron chi connectivity index (χ0n) is 27.7. The number of fused-ring (bicyclic) bond motifs is 10. The van der Waals surface area contributed by atoms with Gasteiger partial charge in [-0.1, -0.05) is 153 Å². The molecule has 0 N–H and O–H groups in total. The lowest BCUT2D eigenvalue weighted by Gasteiger charge is -2.23. The average Bonchev–Trinajstić information content (AvgIpc) is 3.67. The van der Waals surface area contributed by atoms with Gasteiger partial charge in [-0.3, -0.25) is 0 Å². The van der Waals surface area contributed by atoms with Gasteiger partial charge in [0, 0.05) is 38.3 Å². The molecule has 0 atom stereocenters. The molecule has 7 aromatic carbocycles. The number of hydrogen-bond donors (Lipinski definition) is 0. The molecule has 1 aliphatic rings. The summed E-state index contributed by atoms with van der Waals surface area (Å²) in [7, 11) is 0. The van der Waals surface area contributed by atoms with Crippen LogP contribution in [-0.2, 0) is 5.41 Å². The van der Waals surface area contributed by atoms with Crippen LogP contribution in [0.15, 0.2) is 156 Å². The first-order valence-electron chi connectivity index (χ1n) is 17.0. The first-order valence-corrected chi connectivity index (χ1v) is 17.0. The Morgan fingerprint density at radius 2 is 0.960 bits per heavy atom. The minimum Gasteiger partial charge on any atom is -0.455 e. The molecule has 0 fully saturated rings. The number of aromatic nitrogens is 3. The van der Waals surface area contributed by atoms with Crippen molar-refractivity contribution < 1.29 is 4.42 Å². The molecule has 0 unspecified atom stereocenters. The van der Waals surface area contributed by atoms with E-state index in [9.17, 15) is 0 Å². The topological polar surface area (TPSA) is 51.8 Å². The third-order valence-corrected chi connectivity index (χ3v) is 10.3. The van der Waals surface area contributed by atoms with E-state index in [0.29, 0.717) is 17.5 Å². The van der Waals surface area contributed by atoms with Crippen molar-refractivity contribution in [2.24, 2.45) is 0 Å². The van der Waals surface area contributed by atoms with E-state index >= 15 is 0 Å². The molecule has 1 aliphatic carbocycles. The highest BCUT2D eigenvalue weighted by molar-refractivity contribution is 6.23. The minimum absolute atomic E-state index is 0.201. The summed E-state index contributed by atoms with van der Waals surface area (Å²) in [5.41, 5.74) is 12.1. The summed E-state index contributed by atoms with van der Waals surface area (Å²) in [6, 6.07) is 52.9. The molecule has 0 spiro atoms. The minimum atomic E-state index is -0.201. The number of benzene rings is 7. The third kappa shape index (κ3) is 4.28. The molecule has 9 aromatic rings. The van der Waals surface area contributed by atoms with Crippen LogP contribution in [0.1, 0.15) is 25.0 Å². The number of nitrogens with zero attached hydrogens (tertiary/aromatic N) is 3. The normalized spacial score (nSPS) is 13.2. The molecule has 2 aromatic heterocycles. The summed E-state index contributed by atoms with van der Waals surface area (Å²) in [5, 5.41) is 4.78. The van der Waals surface area contributed by atoms with Crippen LogP contribution in [0.25, 0.3) is 89.1 Å². The standard InChI is InChI=1S/C46H31N3O/c1-46(2)37-26-25-32(27-36(37)39-33-17-9-10-18-34(33)42-40(41(39)46)35-19-11-12-20-38(35)50-42)28-21-23-31(24-22-28)45-48-43(29-13-5-3-6-14-29)47-44(49-45)30-15-7-4-8-16-30/h3-27H,1-2H3. The first kappa shape index (κ1) is 28.6. The fraction of sp³-hybridized carbons (Fsp3) is 0.0652. The second-order valence-corrected chi connectivity index (χ2v) is 13.6. The smallest absolute Gasteiger partial charge is 0.164 e. The van der Waals surface area contributed by atoms with Crippen molar-refractivity contribution in [3.05, 3.63) is 163 Å². The molecule has 236 valence electrons. The molecule has 0 saturated carbocycles. The largest absolute Gasteiger partial charge is 0.455 e. The molecular formula is C46H31N3O. The third-order valence-electron chi connectivity index (χ3n) is 10.3. The monoisotopic (exact) mass is 641 g/mol. The Labute approximate surface area is 289 Å². The van der Waals surface area contributed by atoms with Crippen molar-refractivity contribution in [1.29, 1.82) is 0 Å². The van der Waals surface area contributed by atoms with Gasteiger partial charge in [0.2, 0.25) is 0 Å². The van der Waals surface area contributed by atoms with Crippen molar-refractivity contribution in [3.63, 3.8) is 0 Å². The highest BCUT2D eigenvalue weighted by Gasteiger charge is 2.40. The van der Waals surface area contributed by atoms with E-state index in [0.717, 1.165) is 38.8 Å². The Bertz CT molecular complexity index is 2710. The van der Waals surface area contributed by atoms with Crippen LogP contribution in [0.3, 0.4) is 0 Å². The molecule has 4 heteroatoms. The Balaban J connectivity index is 1.11. The summed E-state index contributed by atoms with van der Waals surface area (Å²) in [6.45, 7) is 4.70. The lowest BCUT2D eigenvalue weighted by molar-refractivity contribution is 0.659. The Morgan fingerprint density at radius 3 is 1.60 bits per heavy atom. The Kier molecular flexibility index (Phi) is 6.19. The van der Waals surface area contributed by atoms with Gasteiger partial charge in [-0.25, -0.2) is 15.0 Å². The Morgan fingerprint density at radius 1 is 0.460 bits per heavy atom. The van der Waals surface area contributed by atoms with Gasteiger partial charge >= 0.3 is 0 Å². The summed E-state index contributed by atoms with van der Waals surface area (Å²) in [4.78, 5) is 14.7. The van der Waals surface area contributed by atoms with Crippen LogP contribution >= 0.6 is 0 Å². The molecule has 0 radical (unpaired) electrons. The maximum Gasteiger partial charge on any atom is 0.164 e. The van der Waals surface area contributed by atoms with Crippen LogP contribution in [0.2, 0.25) is 0 Å². The lowest BCUT2D eigenvalue weighted by Crippen LogP contribution is -2.15. The number of rotatable bonds is 4. The maximum absolute atomic E-state index is 6.57. The van der Waals surface area contributed by atoms with Crippen LogP contribution in [-0.4, -0.2) is 15.0 Å². The summed E-state index contributed by atoms with van der Waals surface area (Å²) in [5.74, 6) is 1.96. The highest BCUT2D eigenvalue weighted by atomic mass is 16.3. The van der Waals surface area contributed by atoms with Gasteiger partial charge in [0.05, 0.1) is 0 Å². The Hall–Kier alpha value is -6.39. The van der Waals surface area contributed by atoms with Crippen LogP contribution in [0.5, 0.6) is 0 Å². The van der Waals surface area contributed by atoms with Gasteiger partial charge in [0.1, 0.15) is 11.2 Å². The highest BCUT2D eigenvalue weighted by Crippen LogP contribution is 2.56. The molecule has 4 nitrogen and oxygen atoms in total. The predicted octanol–water partition coefficient (Wildman–Crippen LogP) is 11.9. The number of para-hydroxylation sites is 1. The lowest BCUT2D eigenvalue weighted by atomic mass is 9.79. The molecule has 0 amide bonds. The van der Waals surface area contributed by atoms with Gasteiger partial charge in [0.25, 0.3) is 0 Å². The SMILES string of the molecule is CC1(C)c2ccc(-c3ccc(-c4nc(-c5ccccc5)nc(-c5ccccc5)n4)cc3)cc2-c2c1c1c3ccccc3oc1c1ccccc21. The molecule has 10 rings (SSSR count). The van der Waals surface area contributed by atoms with E-state index < -0.39 is 0 Å². The summed E-state index contributed by atoms with van der Waals surface area (Å²) in [6.07, 6.45) is 0. The van der Waals surface area contributed by atoms with Gasteiger partial charge in [-0.05, 0) is 50.9 Å². The summed E-state index contributed by atoms with van der Waals surface area (Å²) < 4.78 is 6.57. The predicted molar refractivity (Wildman–Crippen MR) is 204 cm³/mol. The zero-order chi connectivity index (χ0) is 33.4. The van der Waals surface area contributed by atoms with E-state index in [2.05, 4.69) is 105 Å². The number of hydrogen-bond acceptors (Lipinski definition) is 4. The molecule has 0 saturated heterocycles. The fourth-order valence-electron chi connectivity index (χ4n) is 7.91. The average molecular weight is 642 g/mol. The van der Waals surface area contributed by atoms with Crippen molar-refractivity contribution >= 4 is 32.7 Å². The second-order valence-electron chi connectivity index (χ2n) is 13.6. The van der Waals surface area contributed by atoms with Gasteiger partial charge in [-0.2, -0.15) is 0 Å². The van der Waals surface area contributed by atoms with Crippen LogP contribution in [0.4, 0.5) is 0 Å². The molecule has 0 aliphatic heterocycles. The first-order chi connectivity index (χ1) is 24.5. The molecule has 0 bridgehead atoms. The quantitative estimate of drug-likeness (QED) is 0.192. The fourth-order valence-corrected chi connectivity index (χ4v) is 7.91. The van der Waals surface area contributed by atoms with Crippen LogP contribution in [0, 0.1) is 0 Å². The zero-order valence-corrected chi connectivity index (χ0v) is 27.7. The molecular weight excluding hydrogens is 611 g/mol. The van der Waals surface area contributed by atoms with E-state index in [4.69, 9.17) is 19.4 Å².